The van der Waals surface area contributed by atoms with Gasteiger partial charge in [-0.25, -0.2) is 8.42 Å². The van der Waals surface area contributed by atoms with E-state index < -0.39 is 9.84 Å². The van der Waals surface area contributed by atoms with Crippen LogP contribution in [-0.4, -0.2) is 31.3 Å². The molecule has 0 aromatic carbocycles. The predicted molar refractivity (Wildman–Crippen MR) is 48.4 cm³/mol. The highest BCUT2D eigenvalue weighted by Crippen LogP contribution is 2.04. The molecule has 1 atom stereocenters. The van der Waals surface area contributed by atoms with Crippen LogP contribution in [0.3, 0.4) is 0 Å². The minimum atomic E-state index is -2.89. The Kier molecular flexibility index (Phi) is 4.89. The van der Waals surface area contributed by atoms with Crippen LogP contribution in [0, 0.1) is 5.92 Å². The molecule has 0 saturated carbocycles. The average molecular weight is 193 g/mol. The Labute approximate surface area is 73.2 Å². The van der Waals surface area contributed by atoms with Gasteiger partial charge in [-0.3, -0.25) is 0 Å². The maximum Gasteiger partial charge on any atom is 0.150 e. The van der Waals surface area contributed by atoms with Gasteiger partial charge in [0, 0.05) is 12.0 Å². The van der Waals surface area contributed by atoms with Crippen molar-refractivity contribution in [3.8, 4) is 0 Å². The van der Waals surface area contributed by atoms with Gasteiger partial charge in [-0.2, -0.15) is 0 Å². The number of sulfone groups is 1. The van der Waals surface area contributed by atoms with E-state index in [1.807, 2.05) is 6.92 Å². The summed E-state index contributed by atoms with van der Waals surface area (Å²) in [6.07, 6.45) is 1.81. The highest BCUT2D eigenvalue weighted by Gasteiger charge is 2.12. The SMILES string of the molecule is CCS(=O)(=O)CC(C)CC=NO. The second-order valence-electron chi connectivity index (χ2n) is 2.84. The third kappa shape index (κ3) is 5.12. The Balaban J connectivity index is 3.92. The van der Waals surface area contributed by atoms with Crippen LogP contribution in [0.25, 0.3) is 0 Å². The number of hydrogen-bond acceptors (Lipinski definition) is 4. The molecule has 0 amide bonds. The van der Waals surface area contributed by atoms with Gasteiger partial charge in [0.25, 0.3) is 0 Å². The van der Waals surface area contributed by atoms with Gasteiger partial charge < -0.3 is 5.21 Å². The fourth-order valence-electron chi connectivity index (χ4n) is 0.846. The van der Waals surface area contributed by atoms with Crippen molar-refractivity contribution in [1.82, 2.24) is 0 Å². The first-order chi connectivity index (χ1) is 5.52. The summed E-state index contributed by atoms with van der Waals surface area (Å²) >= 11 is 0. The molecule has 0 aromatic heterocycles. The molecule has 72 valence electrons. The van der Waals surface area contributed by atoms with Crippen molar-refractivity contribution in [3.63, 3.8) is 0 Å². The Bertz CT molecular complexity index is 233. The highest BCUT2D eigenvalue weighted by atomic mass is 32.2. The quantitative estimate of drug-likeness (QED) is 0.401. The van der Waals surface area contributed by atoms with E-state index in [0.717, 1.165) is 0 Å². The van der Waals surface area contributed by atoms with Crippen LogP contribution in [0.2, 0.25) is 0 Å². The topological polar surface area (TPSA) is 66.7 Å². The van der Waals surface area contributed by atoms with Crippen LogP contribution in [-0.2, 0) is 9.84 Å². The summed E-state index contributed by atoms with van der Waals surface area (Å²) in [5.74, 6) is 0.356. The summed E-state index contributed by atoms with van der Waals surface area (Å²) in [4.78, 5) is 0. The van der Waals surface area contributed by atoms with Crippen LogP contribution < -0.4 is 0 Å². The number of rotatable bonds is 5. The Morgan fingerprint density at radius 3 is 2.58 bits per heavy atom. The van der Waals surface area contributed by atoms with E-state index in [4.69, 9.17) is 5.21 Å². The monoisotopic (exact) mass is 193 g/mol. The minimum absolute atomic E-state index is 0.0193. The van der Waals surface area contributed by atoms with Crippen LogP contribution in [0.15, 0.2) is 5.16 Å². The van der Waals surface area contributed by atoms with E-state index in [0.29, 0.717) is 6.42 Å². The van der Waals surface area contributed by atoms with Gasteiger partial charge in [-0.15, -0.1) is 5.16 Å². The van der Waals surface area contributed by atoms with E-state index >= 15 is 0 Å². The molecule has 12 heavy (non-hydrogen) atoms. The van der Waals surface area contributed by atoms with Crippen molar-refractivity contribution in [2.75, 3.05) is 11.5 Å². The molecule has 1 unspecified atom stereocenters. The summed E-state index contributed by atoms with van der Waals surface area (Å²) in [5.41, 5.74) is 0. The summed E-state index contributed by atoms with van der Waals surface area (Å²) < 4.78 is 22.1. The van der Waals surface area contributed by atoms with Crippen molar-refractivity contribution < 1.29 is 13.6 Å². The lowest BCUT2D eigenvalue weighted by atomic mass is 10.1. The van der Waals surface area contributed by atoms with Crippen LogP contribution >= 0.6 is 0 Å². The maximum absolute atomic E-state index is 11.1. The van der Waals surface area contributed by atoms with E-state index in [9.17, 15) is 8.42 Å². The lowest BCUT2D eigenvalue weighted by Crippen LogP contribution is -2.15. The zero-order valence-corrected chi connectivity index (χ0v) is 8.21. The second kappa shape index (κ2) is 5.13. The van der Waals surface area contributed by atoms with Crippen LogP contribution in [0.4, 0.5) is 0 Å². The normalized spacial score (nSPS) is 15.2. The van der Waals surface area contributed by atoms with E-state index in [1.54, 1.807) is 6.92 Å². The molecule has 0 bridgehead atoms. The third-order valence-corrected chi connectivity index (χ3v) is 3.52. The first kappa shape index (κ1) is 11.4. The van der Waals surface area contributed by atoms with E-state index in [1.165, 1.54) is 6.21 Å². The summed E-state index contributed by atoms with van der Waals surface area (Å²) in [6, 6.07) is 0. The maximum atomic E-state index is 11.1. The summed E-state index contributed by atoms with van der Waals surface area (Å²) in [6.45, 7) is 3.44. The molecule has 0 fully saturated rings. The fourth-order valence-corrected chi connectivity index (χ4v) is 2.09. The van der Waals surface area contributed by atoms with Crippen LogP contribution in [0.5, 0.6) is 0 Å². The van der Waals surface area contributed by atoms with Gasteiger partial charge in [0.15, 0.2) is 0 Å². The first-order valence-corrected chi connectivity index (χ1v) is 5.70. The molecule has 0 spiro atoms. The van der Waals surface area contributed by atoms with Gasteiger partial charge >= 0.3 is 0 Å². The molecule has 0 radical (unpaired) electrons. The smallest absolute Gasteiger partial charge is 0.150 e. The van der Waals surface area contributed by atoms with Gasteiger partial charge in [0.1, 0.15) is 9.84 Å². The van der Waals surface area contributed by atoms with Gasteiger partial charge in [-0.1, -0.05) is 13.8 Å². The summed E-state index contributed by atoms with van der Waals surface area (Å²) in [5, 5.41) is 10.9. The summed E-state index contributed by atoms with van der Waals surface area (Å²) in [7, 11) is -2.89. The van der Waals surface area contributed by atoms with Crippen molar-refractivity contribution in [3.05, 3.63) is 0 Å². The van der Waals surface area contributed by atoms with Gasteiger partial charge in [-0.05, 0) is 12.3 Å². The number of hydrogen-bond donors (Lipinski definition) is 1. The number of nitrogens with zero attached hydrogens (tertiary/aromatic N) is 1. The molecule has 5 heteroatoms. The minimum Gasteiger partial charge on any atom is -0.411 e. The second-order valence-corrected chi connectivity index (χ2v) is 5.24. The number of oxime groups is 1. The van der Waals surface area contributed by atoms with E-state index in [-0.39, 0.29) is 17.4 Å². The molecule has 0 saturated heterocycles. The standard InChI is InChI=1S/C7H15NO3S/c1-3-12(10,11)6-7(2)4-5-8-9/h5,7,9H,3-4,6H2,1-2H3. The predicted octanol–water partition coefficient (Wildman–Crippen LogP) is 0.907. The first-order valence-electron chi connectivity index (χ1n) is 3.88. The van der Waals surface area contributed by atoms with Gasteiger partial charge in [0.2, 0.25) is 0 Å². The van der Waals surface area contributed by atoms with Gasteiger partial charge in [0.05, 0.1) is 5.75 Å². The lowest BCUT2D eigenvalue weighted by molar-refractivity contribution is 0.319. The Morgan fingerprint density at radius 2 is 2.17 bits per heavy atom. The molecule has 4 nitrogen and oxygen atoms in total. The molecule has 0 aliphatic rings. The van der Waals surface area contributed by atoms with Crippen LogP contribution in [0.1, 0.15) is 20.3 Å². The molecule has 0 rings (SSSR count). The fraction of sp³-hybridized carbons (Fsp3) is 0.857. The van der Waals surface area contributed by atoms with Crippen molar-refractivity contribution in [1.29, 1.82) is 0 Å². The molecule has 0 aromatic rings. The Morgan fingerprint density at radius 1 is 1.58 bits per heavy atom. The van der Waals surface area contributed by atoms with E-state index in [2.05, 4.69) is 5.16 Å². The Hall–Kier alpha value is -0.580. The zero-order chi connectivity index (χ0) is 9.61. The lowest BCUT2D eigenvalue weighted by Gasteiger charge is -2.06. The molecule has 0 heterocycles. The highest BCUT2D eigenvalue weighted by molar-refractivity contribution is 7.91. The zero-order valence-electron chi connectivity index (χ0n) is 7.40. The average Bonchev–Trinajstić information content (AvgIpc) is 2.00. The van der Waals surface area contributed by atoms with Crippen molar-refractivity contribution in [2.24, 2.45) is 11.1 Å². The van der Waals surface area contributed by atoms with Crippen molar-refractivity contribution >= 4 is 16.1 Å². The van der Waals surface area contributed by atoms with Crippen molar-refractivity contribution in [2.45, 2.75) is 20.3 Å². The molecule has 1 N–H and O–H groups in total. The molecule has 0 aliphatic heterocycles. The molecular weight excluding hydrogens is 178 g/mol. The third-order valence-electron chi connectivity index (χ3n) is 1.57. The largest absolute Gasteiger partial charge is 0.411 e. The molecule has 0 aliphatic carbocycles. The molecular formula is C7H15NO3S.